The van der Waals surface area contributed by atoms with Gasteiger partial charge < -0.3 is 21.5 Å². The SMILES string of the molecule is C[Si](C1=CC=C/C(=C/N[C@H]2c3ccccc3C[C@H]2O)C1=O)(c1ccccc1)c1ccccc1.[Cr].[N-]=[N+]=[N-]. The van der Waals surface area contributed by atoms with Crippen LogP contribution in [0.15, 0.2) is 120 Å². The third-order valence-corrected chi connectivity index (χ3v) is 11.4. The Hall–Kier alpha value is -3.63. The summed E-state index contributed by atoms with van der Waals surface area (Å²) in [5.41, 5.74) is 16.4. The van der Waals surface area contributed by atoms with E-state index in [-0.39, 0.29) is 29.2 Å². The molecule has 2 atom stereocenters. The van der Waals surface area contributed by atoms with Crippen LogP contribution in [0.3, 0.4) is 0 Å². The van der Waals surface area contributed by atoms with Crippen molar-refractivity contribution in [2.75, 3.05) is 0 Å². The van der Waals surface area contributed by atoms with Gasteiger partial charge in [0.1, 0.15) is 8.07 Å². The smallest absolute Gasteiger partial charge is 0.187 e. The van der Waals surface area contributed by atoms with E-state index in [9.17, 15) is 9.90 Å². The molecular weight excluding hydrogens is 516 g/mol. The van der Waals surface area contributed by atoms with E-state index in [0.717, 1.165) is 16.3 Å². The summed E-state index contributed by atoms with van der Waals surface area (Å²) in [6, 6.07) is 28.6. The van der Waals surface area contributed by atoms with E-state index >= 15 is 0 Å². The van der Waals surface area contributed by atoms with Gasteiger partial charge in [0.05, 0.1) is 12.1 Å². The molecule has 0 spiro atoms. The Morgan fingerprint density at radius 2 is 1.49 bits per heavy atom. The maximum Gasteiger partial charge on any atom is 0.187 e. The Morgan fingerprint density at radius 1 is 0.946 bits per heavy atom. The number of Topliss-reactive ketones (excluding diaryl/α,β-unsaturated/α-hetero) is 1. The number of fused-ring (bicyclic) bond motifs is 1. The Labute approximate surface area is 228 Å². The second-order valence-electron chi connectivity index (χ2n) is 8.93. The van der Waals surface area contributed by atoms with Crippen molar-refractivity contribution >= 4 is 24.2 Å². The predicted molar refractivity (Wildman–Crippen MR) is 146 cm³/mol. The molecule has 0 unspecified atom stereocenters. The number of hydrogen-bond donors (Lipinski definition) is 2. The number of ketones is 1. The van der Waals surface area contributed by atoms with Crippen LogP contribution in [0, 0.1) is 0 Å². The number of carbonyl (C=O) groups excluding carboxylic acids is 1. The summed E-state index contributed by atoms with van der Waals surface area (Å²) in [5, 5.41) is 17.2. The summed E-state index contributed by atoms with van der Waals surface area (Å²) in [6.07, 6.45) is 7.72. The van der Waals surface area contributed by atoms with Crippen LogP contribution in [0.5, 0.6) is 0 Å². The van der Waals surface area contributed by atoms with Crippen molar-refractivity contribution in [1.29, 1.82) is 0 Å². The number of aliphatic hydroxyl groups excluding tert-OH is 1. The fourth-order valence-electron chi connectivity index (χ4n) is 5.04. The summed E-state index contributed by atoms with van der Waals surface area (Å²) in [5.74, 6) is 0.0487. The van der Waals surface area contributed by atoms with Gasteiger partial charge in [-0.05, 0) is 32.8 Å². The van der Waals surface area contributed by atoms with Gasteiger partial charge in [-0.3, -0.25) is 9.71 Å². The Morgan fingerprint density at radius 3 is 2.08 bits per heavy atom. The van der Waals surface area contributed by atoms with E-state index in [2.05, 4.69) is 42.2 Å². The van der Waals surface area contributed by atoms with Gasteiger partial charge in [0.2, 0.25) is 0 Å². The molecule has 2 aliphatic carbocycles. The minimum atomic E-state index is -2.50. The third-order valence-electron chi connectivity index (χ3n) is 6.91. The van der Waals surface area contributed by atoms with E-state index in [0.29, 0.717) is 12.0 Å². The number of rotatable bonds is 5. The van der Waals surface area contributed by atoms with Gasteiger partial charge in [0, 0.05) is 35.6 Å². The maximum absolute atomic E-state index is 13.8. The molecule has 0 fully saturated rings. The van der Waals surface area contributed by atoms with Crippen LogP contribution in [-0.2, 0) is 28.6 Å². The molecule has 3 aromatic carbocycles. The number of benzene rings is 3. The second kappa shape index (κ2) is 12.6. The standard InChI is InChI=1S/C29H27NO2Si.Cr.N3/c1-33(23-13-4-2-5-14-23,24-15-6-3-7-16-24)27-18-10-12-22(29(27)32)20-30-28-25-17-9-8-11-21(25)19-26(28)31;;1-3-2/h2-18,20,26,28,30-31H,19H2,1H3;;/q;;-1/b22-20-;;/t26-,28+;;/m1../s1. The Bertz CT molecular complexity index is 1330. The summed E-state index contributed by atoms with van der Waals surface area (Å²) < 4.78 is 0. The zero-order chi connectivity index (χ0) is 25.5. The molecule has 5 rings (SSSR count). The zero-order valence-electron chi connectivity index (χ0n) is 20.4. The van der Waals surface area contributed by atoms with Crippen LogP contribution in [0.4, 0.5) is 0 Å². The molecule has 0 bridgehead atoms. The van der Waals surface area contributed by atoms with Crippen molar-refractivity contribution in [3.05, 3.63) is 147 Å². The Balaban J connectivity index is 0.000000908. The molecule has 37 heavy (non-hydrogen) atoms. The van der Waals surface area contributed by atoms with Gasteiger partial charge in [-0.25, -0.2) is 0 Å². The van der Waals surface area contributed by atoms with Crippen LogP contribution in [0.25, 0.3) is 16.0 Å². The summed E-state index contributed by atoms with van der Waals surface area (Å²) in [6.45, 7) is 2.25. The molecule has 8 heteroatoms. The Kier molecular flexibility index (Phi) is 9.48. The van der Waals surface area contributed by atoms with Crippen LogP contribution in [-0.4, -0.2) is 25.1 Å². The average Bonchev–Trinajstić information content (AvgIpc) is 3.24. The van der Waals surface area contributed by atoms with Crippen LogP contribution in [0.2, 0.25) is 6.55 Å². The van der Waals surface area contributed by atoms with E-state index in [1.54, 1.807) is 6.20 Å². The normalized spacial score (nSPS) is 19.0. The van der Waals surface area contributed by atoms with E-state index < -0.39 is 14.2 Å². The summed E-state index contributed by atoms with van der Waals surface area (Å²) in [7, 11) is -2.50. The molecule has 0 amide bonds. The molecule has 0 saturated heterocycles. The number of nitrogens with zero attached hydrogens (tertiary/aromatic N) is 3. The van der Waals surface area contributed by atoms with Gasteiger partial charge in [-0.1, -0.05) is 104 Å². The minimum Gasteiger partial charge on any atom is -0.390 e. The number of aliphatic hydroxyl groups is 1. The molecule has 0 radical (unpaired) electrons. The van der Waals surface area contributed by atoms with Gasteiger partial charge in [0.15, 0.2) is 5.78 Å². The van der Waals surface area contributed by atoms with E-state index in [1.807, 2.05) is 72.8 Å². The fraction of sp³-hybridized carbons (Fsp3) is 0.138. The first-order chi connectivity index (χ1) is 17.5. The van der Waals surface area contributed by atoms with Crippen molar-refractivity contribution < 1.29 is 27.3 Å². The van der Waals surface area contributed by atoms with Crippen molar-refractivity contribution in [2.45, 2.75) is 25.1 Å². The largest absolute Gasteiger partial charge is 0.390 e. The molecule has 2 aliphatic rings. The first-order valence-corrected chi connectivity index (χ1v) is 14.3. The van der Waals surface area contributed by atoms with Gasteiger partial charge in [-0.15, -0.1) is 0 Å². The third kappa shape index (κ3) is 5.70. The van der Waals surface area contributed by atoms with Crippen LogP contribution < -0.4 is 15.7 Å². The molecule has 186 valence electrons. The molecule has 0 aromatic heterocycles. The van der Waals surface area contributed by atoms with Crippen molar-refractivity contribution in [3.8, 4) is 0 Å². The van der Waals surface area contributed by atoms with Gasteiger partial charge in [0.25, 0.3) is 0 Å². The van der Waals surface area contributed by atoms with Crippen LogP contribution >= 0.6 is 0 Å². The van der Waals surface area contributed by atoms with Crippen molar-refractivity contribution in [1.82, 2.24) is 5.32 Å². The van der Waals surface area contributed by atoms with Gasteiger partial charge >= 0.3 is 0 Å². The number of allylic oxidation sites excluding steroid dienone is 5. The molecule has 2 N–H and O–H groups in total. The molecule has 0 aliphatic heterocycles. The first-order valence-electron chi connectivity index (χ1n) is 11.8. The topological polar surface area (TPSA) is 108 Å². The zero-order valence-corrected chi connectivity index (χ0v) is 22.6. The fourth-order valence-corrected chi connectivity index (χ4v) is 8.74. The molecule has 0 saturated carbocycles. The number of nitrogens with one attached hydrogen (secondary N) is 1. The molecule has 0 heterocycles. The summed E-state index contributed by atoms with van der Waals surface area (Å²) >= 11 is 0. The number of hydrogen-bond acceptors (Lipinski definition) is 3. The van der Waals surface area contributed by atoms with Gasteiger partial charge in [-0.2, -0.15) is 0 Å². The van der Waals surface area contributed by atoms with E-state index in [4.69, 9.17) is 11.1 Å². The maximum atomic E-state index is 13.8. The van der Waals surface area contributed by atoms with E-state index in [1.165, 1.54) is 15.3 Å². The number of carbonyl (C=O) groups is 1. The first kappa shape index (κ1) is 27.9. The quantitative estimate of drug-likeness (QED) is 0.163. The second-order valence-corrected chi connectivity index (χ2v) is 12.9. The predicted octanol–water partition coefficient (Wildman–Crippen LogP) is 4.48. The minimum absolute atomic E-state index is 0. The monoisotopic (exact) mass is 543 g/mol. The summed E-state index contributed by atoms with van der Waals surface area (Å²) in [4.78, 5) is 15.3. The van der Waals surface area contributed by atoms with Crippen molar-refractivity contribution in [3.63, 3.8) is 0 Å². The van der Waals surface area contributed by atoms with Crippen molar-refractivity contribution in [2.24, 2.45) is 0 Å². The molecular formula is C29H27CrN4O2Si-. The molecule has 6 nitrogen and oxygen atoms in total. The molecule has 3 aromatic rings. The van der Waals surface area contributed by atoms with Crippen LogP contribution in [0.1, 0.15) is 17.2 Å². The average molecular weight is 544 g/mol.